The number of nitrogens with zero attached hydrogens (tertiary/aromatic N) is 6. The Kier molecular flexibility index (Phi) is 5.06. The average Bonchev–Trinajstić information content (AvgIpc) is 3.38. The number of benzene rings is 1. The van der Waals surface area contributed by atoms with E-state index < -0.39 is 0 Å². The molecule has 1 aliphatic carbocycles. The minimum Gasteiger partial charge on any atom is -0.252 e. The molecule has 2 aromatic heterocycles. The Morgan fingerprint density at radius 3 is 2.65 bits per heavy atom. The molecule has 0 saturated carbocycles. The third-order valence-corrected chi connectivity index (χ3v) is 5.59. The van der Waals surface area contributed by atoms with E-state index in [0.29, 0.717) is 6.04 Å². The van der Waals surface area contributed by atoms with Crippen LogP contribution in [0.2, 0.25) is 0 Å². The Balaban J connectivity index is 1.61. The first-order valence-electron chi connectivity index (χ1n) is 9.08. The van der Waals surface area contributed by atoms with Crippen LogP contribution in [0.15, 0.2) is 36.9 Å². The number of hydrogen-bond acceptors (Lipinski definition) is 5. The lowest BCUT2D eigenvalue weighted by atomic mass is 10.1. The molecule has 7 heteroatoms. The van der Waals surface area contributed by atoms with Crippen molar-refractivity contribution in [1.29, 1.82) is 0 Å². The van der Waals surface area contributed by atoms with Crippen molar-refractivity contribution in [2.45, 2.75) is 44.7 Å². The summed E-state index contributed by atoms with van der Waals surface area (Å²) in [7, 11) is 0. The van der Waals surface area contributed by atoms with Crippen LogP contribution in [0, 0.1) is 0 Å². The highest BCUT2D eigenvalue weighted by atomic mass is 32.2. The Morgan fingerprint density at radius 1 is 1.23 bits per heavy atom. The largest absolute Gasteiger partial charge is 0.252 e. The number of fused-ring (bicyclic) bond motifs is 1. The van der Waals surface area contributed by atoms with E-state index in [9.17, 15) is 0 Å². The van der Waals surface area contributed by atoms with Crippen molar-refractivity contribution in [2.24, 2.45) is 0 Å². The monoisotopic (exact) mass is 368 g/mol. The average molecular weight is 369 g/mol. The van der Waals surface area contributed by atoms with E-state index in [1.165, 1.54) is 11.1 Å². The third kappa shape index (κ3) is 3.53. The van der Waals surface area contributed by atoms with Gasteiger partial charge in [-0.1, -0.05) is 31.2 Å². The second-order valence-electron chi connectivity index (χ2n) is 6.92. The Bertz CT molecular complexity index is 832. The van der Waals surface area contributed by atoms with E-state index >= 15 is 0 Å². The van der Waals surface area contributed by atoms with Gasteiger partial charge in [-0.05, 0) is 30.2 Å². The Morgan fingerprint density at radius 2 is 2.00 bits per heavy atom. The summed E-state index contributed by atoms with van der Waals surface area (Å²) in [5, 5.41) is 9.15. The highest BCUT2D eigenvalue weighted by molar-refractivity contribution is 7.98. The summed E-state index contributed by atoms with van der Waals surface area (Å²) in [5.74, 6) is 3.30. The van der Waals surface area contributed by atoms with Crippen LogP contribution < -0.4 is 0 Å². The molecule has 1 aromatic carbocycles. The maximum Gasteiger partial charge on any atom is 0.151 e. The fraction of sp³-hybridized carbons (Fsp3) is 0.474. The predicted molar refractivity (Wildman–Crippen MR) is 103 cm³/mol. The zero-order valence-electron chi connectivity index (χ0n) is 15.2. The van der Waals surface area contributed by atoms with Gasteiger partial charge in [0.05, 0.1) is 12.6 Å². The summed E-state index contributed by atoms with van der Waals surface area (Å²) in [4.78, 5) is 8.96. The SMILES string of the molecule is CSCCc1nc([C@@H](C)Cn2cncn2)n(C2Cc3ccccc3C2)n1. The van der Waals surface area contributed by atoms with Crippen LogP contribution in [0.5, 0.6) is 0 Å². The lowest BCUT2D eigenvalue weighted by Crippen LogP contribution is -2.18. The molecule has 4 rings (SSSR count). The van der Waals surface area contributed by atoms with Gasteiger partial charge in [-0.15, -0.1) is 0 Å². The summed E-state index contributed by atoms with van der Waals surface area (Å²) in [5.41, 5.74) is 2.88. The second-order valence-corrected chi connectivity index (χ2v) is 7.91. The van der Waals surface area contributed by atoms with Crippen LogP contribution in [0.1, 0.15) is 41.7 Å². The van der Waals surface area contributed by atoms with Crippen molar-refractivity contribution in [3.8, 4) is 0 Å². The molecule has 136 valence electrons. The van der Waals surface area contributed by atoms with Crippen molar-refractivity contribution in [3.05, 3.63) is 59.7 Å². The second kappa shape index (κ2) is 7.61. The fourth-order valence-electron chi connectivity index (χ4n) is 3.68. The number of rotatable bonds is 7. The molecule has 0 spiro atoms. The first-order chi connectivity index (χ1) is 12.7. The number of thioether (sulfide) groups is 1. The lowest BCUT2D eigenvalue weighted by Gasteiger charge is -2.17. The summed E-state index contributed by atoms with van der Waals surface area (Å²) in [6.45, 7) is 2.96. The smallest absolute Gasteiger partial charge is 0.151 e. The van der Waals surface area contributed by atoms with Crippen LogP contribution in [-0.2, 0) is 25.8 Å². The lowest BCUT2D eigenvalue weighted by molar-refractivity contribution is 0.420. The zero-order valence-corrected chi connectivity index (χ0v) is 16.1. The highest BCUT2D eigenvalue weighted by Gasteiger charge is 2.28. The van der Waals surface area contributed by atoms with Gasteiger partial charge < -0.3 is 0 Å². The summed E-state index contributed by atoms with van der Waals surface area (Å²) in [6.07, 6.45) is 8.44. The molecule has 0 bridgehead atoms. The van der Waals surface area contributed by atoms with Gasteiger partial charge in [-0.2, -0.15) is 22.0 Å². The van der Waals surface area contributed by atoms with Crippen LogP contribution in [0.4, 0.5) is 0 Å². The molecule has 1 atom stereocenters. The quantitative estimate of drug-likeness (QED) is 0.642. The molecule has 2 heterocycles. The molecular weight excluding hydrogens is 344 g/mol. The Labute approximate surface area is 158 Å². The van der Waals surface area contributed by atoms with E-state index in [1.807, 2.05) is 16.4 Å². The van der Waals surface area contributed by atoms with E-state index in [2.05, 4.69) is 52.2 Å². The molecular formula is C19H24N6S. The van der Waals surface area contributed by atoms with Crippen molar-refractivity contribution < 1.29 is 0 Å². The van der Waals surface area contributed by atoms with Crippen LogP contribution >= 0.6 is 11.8 Å². The molecule has 0 aliphatic heterocycles. The van der Waals surface area contributed by atoms with Gasteiger partial charge in [0.2, 0.25) is 0 Å². The maximum absolute atomic E-state index is 4.91. The predicted octanol–water partition coefficient (Wildman–Crippen LogP) is 2.92. The number of aryl methyl sites for hydroxylation is 1. The minimum atomic E-state index is 0.232. The molecule has 0 radical (unpaired) electrons. The van der Waals surface area contributed by atoms with Gasteiger partial charge in [0.1, 0.15) is 18.5 Å². The number of hydrogen-bond donors (Lipinski definition) is 0. The first-order valence-corrected chi connectivity index (χ1v) is 10.5. The van der Waals surface area contributed by atoms with E-state index in [0.717, 1.165) is 43.2 Å². The topological polar surface area (TPSA) is 61.4 Å². The molecule has 6 nitrogen and oxygen atoms in total. The molecule has 0 N–H and O–H groups in total. The summed E-state index contributed by atoms with van der Waals surface area (Å²) in [6, 6.07) is 9.08. The van der Waals surface area contributed by atoms with Crippen molar-refractivity contribution in [1.82, 2.24) is 29.5 Å². The molecule has 0 amide bonds. The standard InChI is InChI=1S/C19H24N6S/c1-14(11-24-13-20-12-21-24)19-22-18(7-8-26-2)23-25(19)17-9-15-5-3-4-6-16(15)10-17/h3-6,12-14,17H,7-11H2,1-2H3/t14-/m0/s1. The zero-order chi connectivity index (χ0) is 17.9. The van der Waals surface area contributed by atoms with E-state index in [1.54, 1.807) is 12.7 Å². The van der Waals surface area contributed by atoms with Crippen LogP contribution in [0.25, 0.3) is 0 Å². The van der Waals surface area contributed by atoms with Gasteiger partial charge in [-0.25, -0.2) is 14.6 Å². The van der Waals surface area contributed by atoms with Gasteiger partial charge >= 0.3 is 0 Å². The molecule has 0 unspecified atom stereocenters. The van der Waals surface area contributed by atoms with Gasteiger partial charge in [0.25, 0.3) is 0 Å². The van der Waals surface area contributed by atoms with E-state index in [4.69, 9.17) is 10.1 Å². The Hall–Kier alpha value is -2.15. The molecule has 0 saturated heterocycles. The van der Waals surface area contributed by atoms with E-state index in [-0.39, 0.29) is 5.92 Å². The highest BCUT2D eigenvalue weighted by Crippen LogP contribution is 2.32. The third-order valence-electron chi connectivity index (χ3n) is 4.97. The van der Waals surface area contributed by atoms with Gasteiger partial charge in [0.15, 0.2) is 5.82 Å². The molecule has 0 fully saturated rings. The molecule has 1 aliphatic rings. The molecule has 26 heavy (non-hydrogen) atoms. The van der Waals surface area contributed by atoms with Gasteiger partial charge in [0, 0.05) is 18.1 Å². The maximum atomic E-state index is 4.91. The summed E-state index contributed by atoms with van der Waals surface area (Å²) < 4.78 is 4.06. The summed E-state index contributed by atoms with van der Waals surface area (Å²) >= 11 is 1.83. The van der Waals surface area contributed by atoms with Crippen molar-refractivity contribution >= 4 is 11.8 Å². The van der Waals surface area contributed by atoms with Crippen molar-refractivity contribution in [3.63, 3.8) is 0 Å². The molecule has 3 aromatic rings. The van der Waals surface area contributed by atoms with Crippen molar-refractivity contribution in [2.75, 3.05) is 12.0 Å². The minimum absolute atomic E-state index is 0.232. The fourth-order valence-corrected chi connectivity index (χ4v) is 4.07. The van der Waals surface area contributed by atoms with Crippen LogP contribution in [-0.4, -0.2) is 41.5 Å². The van der Waals surface area contributed by atoms with Crippen LogP contribution in [0.3, 0.4) is 0 Å². The normalized spacial score (nSPS) is 15.3. The van der Waals surface area contributed by atoms with Gasteiger partial charge in [-0.3, -0.25) is 4.68 Å². The number of aromatic nitrogens is 6. The first kappa shape index (κ1) is 17.3.